The molecule has 9 heteroatoms. The van der Waals surface area contributed by atoms with Gasteiger partial charge in [0.25, 0.3) is 0 Å². The van der Waals surface area contributed by atoms with Crippen molar-refractivity contribution in [1.29, 1.82) is 0 Å². The molecule has 2 aromatic heterocycles. The first-order chi connectivity index (χ1) is 10.0. The highest BCUT2D eigenvalue weighted by Gasteiger charge is 2.16. The number of nitrogens with one attached hydrogen (secondary N) is 1. The number of benzene rings is 1. The van der Waals surface area contributed by atoms with Gasteiger partial charge in [0.1, 0.15) is 11.0 Å². The smallest absolute Gasteiger partial charge is 0.216 e. The van der Waals surface area contributed by atoms with E-state index in [-0.39, 0.29) is 12.3 Å². The van der Waals surface area contributed by atoms with Gasteiger partial charge in [-0.25, -0.2) is 13.1 Å². The van der Waals surface area contributed by atoms with Gasteiger partial charge in [-0.1, -0.05) is 17.3 Å². The van der Waals surface area contributed by atoms with Gasteiger partial charge in [0, 0.05) is 6.07 Å². The van der Waals surface area contributed by atoms with Crippen molar-refractivity contribution in [1.82, 2.24) is 18.6 Å². The third-order valence-corrected chi connectivity index (χ3v) is 4.68. The number of nitrogens with zero attached hydrogens (tertiary/aromatic N) is 3. The van der Waals surface area contributed by atoms with Crippen LogP contribution in [-0.4, -0.2) is 22.3 Å². The number of aryl methyl sites for hydroxylation is 1. The molecule has 0 aliphatic rings. The summed E-state index contributed by atoms with van der Waals surface area (Å²) in [7, 11) is -3.49. The van der Waals surface area contributed by atoms with E-state index in [1.165, 1.54) is 0 Å². The highest BCUT2D eigenvalue weighted by molar-refractivity contribution is 7.88. The van der Waals surface area contributed by atoms with Gasteiger partial charge in [0.2, 0.25) is 10.0 Å². The molecule has 0 bridgehead atoms. The minimum atomic E-state index is -3.49. The third kappa shape index (κ3) is 3.26. The van der Waals surface area contributed by atoms with Gasteiger partial charge in [-0.3, -0.25) is 0 Å². The standard InChI is InChI=1S/C12H12N4O3S2/c1-8-5-10(19-14-8)6-13-21(17,18)7-9-3-2-4-11-12(9)16-20-15-11/h2-5,13H,6-7H2,1H3. The van der Waals surface area contributed by atoms with Crippen LogP contribution in [0.15, 0.2) is 28.8 Å². The average molecular weight is 324 g/mol. The Kier molecular flexibility index (Phi) is 3.70. The van der Waals surface area contributed by atoms with E-state index >= 15 is 0 Å². The first kappa shape index (κ1) is 14.1. The summed E-state index contributed by atoms with van der Waals surface area (Å²) >= 11 is 1.07. The lowest BCUT2D eigenvalue weighted by Gasteiger charge is -2.05. The number of aromatic nitrogens is 3. The fourth-order valence-electron chi connectivity index (χ4n) is 1.91. The van der Waals surface area contributed by atoms with E-state index in [2.05, 4.69) is 18.6 Å². The number of fused-ring (bicyclic) bond motifs is 1. The summed E-state index contributed by atoms with van der Waals surface area (Å²) in [5.74, 6) is 0.327. The Labute approximate surface area is 125 Å². The maximum Gasteiger partial charge on any atom is 0.216 e. The zero-order valence-electron chi connectivity index (χ0n) is 11.1. The second-order valence-electron chi connectivity index (χ2n) is 4.56. The first-order valence-electron chi connectivity index (χ1n) is 6.13. The van der Waals surface area contributed by atoms with Crippen LogP contribution in [0.5, 0.6) is 0 Å². The van der Waals surface area contributed by atoms with Gasteiger partial charge < -0.3 is 4.52 Å². The molecule has 0 spiro atoms. The van der Waals surface area contributed by atoms with Crippen LogP contribution in [0.1, 0.15) is 17.0 Å². The molecular formula is C12H12N4O3S2. The summed E-state index contributed by atoms with van der Waals surface area (Å²) in [6.45, 7) is 1.85. The predicted molar refractivity (Wildman–Crippen MR) is 78.1 cm³/mol. The second-order valence-corrected chi connectivity index (χ2v) is 6.90. The molecule has 7 nitrogen and oxygen atoms in total. The second kappa shape index (κ2) is 5.51. The van der Waals surface area contributed by atoms with Gasteiger partial charge in [0.15, 0.2) is 5.76 Å². The molecule has 3 aromatic rings. The highest BCUT2D eigenvalue weighted by atomic mass is 32.2. The van der Waals surface area contributed by atoms with Crippen LogP contribution in [0, 0.1) is 6.92 Å². The summed E-state index contributed by atoms with van der Waals surface area (Å²) in [5, 5.41) is 3.71. The minimum absolute atomic E-state index is 0.0778. The van der Waals surface area contributed by atoms with Crippen LogP contribution in [0.3, 0.4) is 0 Å². The number of sulfonamides is 1. The van der Waals surface area contributed by atoms with Crippen molar-refractivity contribution >= 4 is 32.8 Å². The largest absolute Gasteiger partial charge is 0.360 e. The zero-order valence-corrected chi connectivity index (χ0v) is 12.7. The Bertz CT molecular complexity index is 869. The van der Waals surface area contributed by atoms with Gasteiger partial charge in [-0.05, 0) is 18.6 Å². The van der Waals surface area contributed by atoms with E-state index in [9.17, 15) is 8.42 Å². The summed E-state index contributed by atoms with van der Waals surface area (Å²) in [5.41, 5.74) is 2.67. The van der Waals surface area contributed by atoms with Crippen molar-refractivity contribution in [3.05, 3.63) is 41.3 Å². The maximum absolute atomic E-state index is 12.1. The van der Waals surface area contributed by atoms with Crippen molar-refractivity contribution in [2.75, 3.05) is 0 Å². The molecule has 110 valence electrons. The zero-order chi connectivity index (χ0) is 14.9. The molecule has 3 rings (SSSR count). The van der Waals surface area contributed by atoms with Crippen molar-refractivity contribution in [3.63, 3.8) is 0 Å². The predicted octanol–water partition coefficient (Wildman–Crippen LogP) is 1.61. The van der Waals surface area contributed by atoms with E-state index in [1.807, 2.05) is 0 Å². The minimum Gasteiger partial charge on any atom is -0.360 e. The van der Waals surface area contributed by atoms with E-state index in [0.29, 0.717) is 28.1 Å². The van der Waals surface area contributed by atoms with Crippen molar-refractivity contribution < 1.29 is 12.9 Å². The SMILES string of the molecule is Cc1cc(CNS(=O)(=O)Cc2cccc3nsnc23)on1. The molecule has 21 heavy (non-hydrogen) atoms. The van der Waals surface area contributed by atoms with E-state index in [4.69, 9.17) is 4.52 Å². The third-order valence-electron chi connectivity index (χ3n) is 2.86. The fourth-order valence-corrected chi connectivity index (χ4v) is 3.59. The van der Waals surface area contributed by atoms with Crippen molar-refractivity contribution in [2.24, 2.45) is 0 Å². The molecule has 0 aliphatic carbocycles. The van der Waals surface area contributed by atoms with Crippen LogP contribution in [0.4, 0.5) is 0 Å². The molecule has 0 atom stereocenters. The van der Waals surface area contributed by atoms with E-state index in [1.54, 1.807) is 31.2 Å². The Morgan fingerprint density at radius 1 is 1.33 bits per heavy atom. The van der Waals surface area contributed by atoms with Crippen LogP contribution in [0.2, 0.25) is 0 Å². The Morgan fingerprint density at radius 2 is 2.19 bits per heavy atom. The van der Waals surface area contributed by atoms with Crippen LogP contribution >= 0.6 is 11.7 Å². The lowest BCUT2D eigenvalue weighted by Crippen LogP contribution is -2.24. The highest BCUT2D eigenvalue weighted by Crippen LogP contribution is 2.18. The summed E-state index contributed by atoms with van der Waals surface area (Å²) in [6.07, 6.45) is 0. The monoisotopic (exact) mass is 324 g/mol. The lowest BCUT2D eigenvalue weighted by atomic mass is 10.2. The molecule has 0 amide bonds. The van der Waals surface area contributed by atoms with Gasteiger partial charge in [0.05, 0.1) is 29.7 Å². The molecule has 0 saturated carbocycles. The van der Waals surface area contributed by atoms with Crippen LogP contribution in [0.25, 0.3) is 11.0 Å². The molecule has 0 aliphatic heterocycles. The van der Waals surface area contributed by atoms with Crippen LogP contribution < -0.4 is 4.72 Å². The number of rotatable bonds is 5. The Morgan fingerprint density at radius 3 is 2.95 bits per heavy atom. The number of hydrogen-bond donors (Lipinski definition) is 1. The topological polar surface area (TPSA) is 98.0 Å². The number of hydrogen-bond acceptors (Lipinski definition) is 7. The fraction of sp³-hybridized carbons (Fsp3) is 0.250. The molecule has 2 heterocycles. The molecule has 0 fully saturated rings. The quantitative estimate of drug-likeness (QED) is 0.765. The normalized spacial score (nSPS) is 12.0. The molecule has 0 saturated heterocycles. The molecule has 0 radical (unpaired) electrons. The van der Waals surface area contributed by atoms with Crippen molar-refractivity contribution in [2.45, 2.75) is 19.2 Å². The van der Waals surface area contributed by atoms with Crippen LogP contribution in [-0.2, 0) is 22.3 Å². The van der Waals surface area contributed by atoms with E-state index < -0.39 is 10.0 Å². The first-order valence-corrected chi connectivity index (χ1v) is 8.51. The maximum atomic E-state index is 12.1. The van der Waals surface area contributed by atoms with E-state index in [0.717, 1.165) is 11.7 Å². The molecule has 1 aromatic carbocycles. The van der Waals surface area contributed by atoms with Gasteiger partial charge >= 0.3 is 0 Å². The lowest BCUT2D eigenvalue weighted by molar-refractivity contribution is 0.377. The van der Waals surface area contributed by atoms with Gasteiger partial charge in [-0.15, -0.1) is 0 Å². The summed E-state index contributed by atoms with van der Waals surface area (Å²) in [6, 6.07) is 7.00. The Hall–Kier alpha value is -1.84. The summed E-state index contributed by atoms with van der Waals surface area (Å²) in [4.78, 5) is 0. The summed E-state index contributed by atoms with van der Waals surface area (Å²) < 4.78 is 39.9. The molecule has 1 N–H and O–H groups in total. The molecular weight excluding hydrogens is 312 g/mol. The Balaban J connectivity index is 1.75. The molecule has 0 unspecified atom stereocenters. The van der Waals surface area contributed by atoms with Crippen molar-refractivity contribution in [3.8, 4) is 0 Å². The van der Waals surface area contributed by atoms with Gasteiger partial charge in [-0.2, -0.15) is 8.75 Å². The average Bonchev–Trinajstić information content (AvgIpc) is 3.05.